The van der Waals surface area contributed by atoms with Crippen LogP contribution in [0.3, 0.4) is 0 Å². The van der Waals surface area contributed by atoms with E-state index in [-0.39, 0.29) is 24.0 Å². The van der Waals surface area contributed by atoms with Gasteiger partial charge in [0, 0.05) is 49.2 Å². The highest BCUT2D eigenvalue weighted by atomic mass is 16.6. The van der Waals surface area contributed by atoms with Crippen molar-refractivity contribution in [1.82, 2.24) is 14.9 Å². The number of carbonyl (C=O) groups is 3. The molecule has 2 aromatic heterocycles. The molecule has 40 heavy (non-hydrogen) atoms. The van der Waals surface area contributed by atoms with Crippen molar-refractivity contribution < 1.29 is 19.1 Å². The Kier molecular flexibility index (Phi) is 7.37. The van der Waals surface area contributed by atoms with E-state index in [0.717, 1.165) is 28.0 Å². The molecule has 206 valence electrons. The number of aromatic nitrogens is 2. The molecule has 0 saturated carbocycles. The van der Waals surface area contributed by atoms with Gasteiger partial charge in [-0.05, 0) is 54.8 Å². The molecular weight excluding hydrogens is 510 g/mol. The lowest BCUT2D eigenvalue weighted by Crippen LogP contribution is -2.53. The largest absolute Gasteiger partial charge is 0.458 e. The van der Waals surface area contributed by atoms with Gasteiger partial charge in [-0.15, -0.1) is 0 Å². The first-order chi connectivity index (χ1) is 19.2. The lowest BCUT2D eigenvalue weighted by Gasteiger charge is -2.33. The predicted octanol–water partition coefficient (Wildman–Crippen LogP) is 4.19. The van der Waals surface area contributed by atoms with E-state index in [0.29, 0.717) is 35.7 Å². The number of hydrogen-bond acceptors (Lipinski definition) is 8. The zero-order valence-electron chi connectivity index (χ0n) is 22.7. The smallest absolute Gasteiger partial charge is 0.332 e. The standard InChI is InChI=1S/C29H31N7O4/c1-5-17-13-31-23-8-6-18(19-10-21(14-30-12-19)34-29(39)36(3)4)11-22(23)25(17)27(37)33-20-7-9-24(32-15-20)35-26-16(2)40-28(26)38/h6-12,14-16,26,31H,5,13H2,1-4H3,(H,32,35)(H,33,37)(H,34,39). The van der Waals surface area contributed by atoms with E-state index in [4.69, 9.17) is 4.74 Å². The summed E-state index contributed by atoms with van der Waals surface area (Å²) in [6, 6.07) is 10.5. The molecule has 4 heterocycles. The van der Waals surface area contributed by atoms with Crippen molar-refractivity contribution in [2.24, 2.45) is 0 Å². The maximum atomic E-state index is 13.6. The van der Waals surface area contributed by atoms with E-state index in [9.17, 15) is 14.4 Å². The highest BCUT2D eigenvalue weighted by Gasteiger charge is 2.39. The SMILES string of the molecule is CCC1=C(C(=O)Nc2ccc(NC3C(=O)OC3C)nc2)c2cc(-c3cncc(NC(=O)N(C)C)c3)ccc2NC1. The Balaban J connectivity index is 1.38. The molecule has 5 rings (SSSR count). The van der Waals surface area contributed by atoms with Gasteiger partial charge in [0.1, 0.15) is 11.9 Å². The van der Waals surface area contributed by atoms with Crippen LogP contribution in [0, 0.1) is 0 Å². The van der Waals surface area contributed by atoms with Gasteiger partial charge in [0.05, 0.1) is 23.8 Å². The van der Waals surface area contributed by atoms with E-state index in [1.807, 2.05) is 38.1 Å². The Morgan fingerprint density at radius 2 is 1.88 bits per heavy atom. The molecule has 0 bridgehead atoms. The van der Waals surface area contributed by atoms with Crippen LogP contribution in [0.15, 0.2) is 60.6 Å². The van der Waals surface area contributed by atoms with Crippen molar-refractivity contribution in [3.8, 4) is 11.1 Å². The molecule has 3 amide bonds. The van der Waals surface area contributed by atoms with Gasteiger partial charge in [0.2, 0.25) is 0 Å². The van der Waals surface area contributed by atoms with Crippen molar-refractivity contribution in [3.05, 3.63) is 66.1 Å². The van der Waals surface area contributed by atoms with Crippen LogP contribution in [0.5, 0.6) is 0 Å². The number of rotatable bonds is 7. The van der Waals surface area contributed by atoms with Gasteiger partial charge in [-0.3, -0.25) is 9.78 Å². The molecule has 2 aliphatic heterocycles. The van der Waals surface area contributed by atoms with Gasteiger partial charge < -0.3 is 30.9 Å². The molecule has 1 fully saturated rings. The molecule has 3 aromatic rings. The summed E-state index contributed by atoms with van der Waals surface area (Å²) in [5.41, 5.74) is 6.00. The number of hydrogen-bond donors (Lipinski definition) is 4. The lowest BCUT2D eigenvalue weighted by molar-refractivity contribution is -0.170. The van der Waals surface area contributed by atoms with Gasteiger partial charge in [-0.1, -0.05) is 13.0 Å². The third-order valence-corrected chi connectivity index (χ3v) is 6.87. The number of cyclic esters (lactones) is 1. The average molecular weight is 542 g/mol. The number of nitrogens with one attached hydrogen (secondary N) is 4. The number of nitrogens with zero attached hydrogens (tertiary/aromatic N) is 3. The van der Waals surface area contributed by atoms with Crippen LogP contribution in [0.25, 0.3) is 16.7 Å². The predicted molar refractivity (Wildman–Crippen MR) is 154 cm³/mol. The summed E-state index contributed by atoms with van der Waals surface area (Å²) in [5, 5.41) is 12.2. The molecule has 11 heteroatoms. The number of pyridine rings is 2. The zero-order chi connectivity index (χ0) is 28.4. The molecule has 4 N–H and O–H groups in total. The first-order valence-corrected chi connectivity index (χ1v) is 13.0. The molecule has 11 nitrogen and oxygen atoms in total. The van der Waals surface area contributed by atoms with Gasteiger partial charge in [-0.2, -0.15) is 0 Å². The average Bonchev–Trinajstić information content (AvgIpc) is 2.95. The number of anilines is 4. The molecule has 0 radical (unpaired) electrons. The van der Waals surface area contributed by atoms with E-state index in [1.54, 1.807) is 44.8 Å². The van der Waals surface area contributed by atoms with Gasteiger partial charge in [0.25, 0.3) is 5.91 Å². The minimum Gasteiger partial charge on any atom is -0.458 e. The van der Waals surface area contributed by atoms with Crippen molar-refractivity contribution >= 4 is 46.4 Å². The molecule has 1 aromatic carbocycles. The van der Waals surface area contributed by atoms with Gasteiger partial charge in [-0.25, -0.2) is 14.6 Å². The van der Waals surface area contributed by atoms with Gasteiger partial charge >= 0.3 is 12.0 Å². The Hall–Kier alpha value is -4.93. The Morgan fingerprint density at radius 1 is 1.05 bits per heavy atom. The Morgan fingerprint density at radius 3 is 2.55 bits per heavy atom. The van der Waals surface area contributed by atoms with Crippen molar-refractivity contribution in [2.75, 3.05) is 41.9 Å². The second kappa shape index (κ2) is 11.0. The van der Waals surface area contributed by atoms with Crippen LogP contribution in [0.1, 0.15) is 25.8 Å². The minimum absolute atomic E-state index is 0.215. The maximum Gasteiger partial charge on any atom is 0.332 e. The highest BCUT2D eigenvalue weighted by Crippen LogP contribution is 2.36. The zero-order valence-corrected chi connectivity index (χ0v) is 22.7. The van der Waals surface area contributed by atoms with Crippen molar-refractivity contribution in [2.45, 2.75) is 32.4 Å². The quantitative estimate of drug-likeness (QED) is 0.327. The van der Waals surface area contributed by atoms with Crippen LogP contribution in [0.4, 0.5) is 27.7 Å². The highest BCUT2D eigenvalue weighted by molar-refractivity contribution is 6.28. The third-order valence-electron chi connectivity index (χ3n) is 6.87. The molecule has 2 atom stereocenters. The van der Waals surface area contributed by atoms with Gasteiger partial charge in [0.15, 0.2) is 6.04 Å². The van der Waals surface area contributed by atoms with Crippen LogP contribution < -0.4 is 21.3 Å². The second-order valence-corrected chi connectivity index (χ2v) is 9.88. The van der Waals surface area contributed by atoms with Crippen LogP contribution >= 0.6 is 0 Å². The monoisotopic (exact) mass is 541 g/mol. The Bertz CT molecular complexity index is 1500. The maximum absolute atomic E-state index is 13.6. The normalized spacial score (nSPS) is 17.6. The molecule has 0 aliphatic carbocycles. The molecule has 1 saturated heterocycles. The van der Waals surface area contributed by atoms with E-state index in [2.05, 4.69) is 31.2 Å². The van der Waals surface area contributed by atoms with E-state index in [1.165, 1.54) is 4.90 Å². The number of carbonyl (C=O) groups excluding carboxylic acids is 3. The molecule has 2 aliphatic rings. The van der Waals surface area contributed by atoms with Crippen LogP contribution in [0.2, 0.25) is 0 Å². The number of esters is 1. The fraction of sp³-hybridized carbons (Fsp3) is 0.276. The summed E-state index contributed by atoms with van der Waals surface area (Å²) in [6.45, 7) is 4.40. The fourth-order valence-corrected chi connectivity index (χ4v) is 4.58. The van der Waals surface area contributed by atoms with E-state index >= 15 is 0 Å². The topological polar surface area (TPSA) is 138 Å². The van der Waals surface area contributed by atoms with Crippen LogP contribution in [-0.4, -0.2) is 65.6 Å². The summed E-state index contributed by atoms with van der Waals surface area (Å²) in [5.74, 6) is -0.0227. The number of benzene rings is 1. The summed E-state index contributed by atoms with van der Waals surface area (Å²) in [7, 11) is 3.34. The number of amides is 3. The van der Waals surface area contributed by atoms with E-state index < -0.39 is 6.04 Å². The Labute approximate surface area is 232 Å². The number of fused-ring (bicyclic) bond motifs is 1. The summed E-state index contributed by atoms with van der Waals surface area (Å²) < 4.78 is 4.96. The van der Waals surface area contributed by atoms with Crippen molar-refractivity contribution in [3.63, 3.8) is 0 Å². The third kappa shape index (κ3) is 5.44. The molecular formula is C29H31N7O4. The lowest BCUT2D eigenvalue weighted by atomic mass is 9.90. The fourth-order valence-electron chi connectivity index (χ4n) is 4.58. The minimum atomic E-state index is -0.425. The summed E-state index contributed by atoms with van der Waals surface area (Å²) in [4.78, 5) is 47.4. The second-order valence-electron chi connectivity index (χ2n) is 9.88. The summed E-state index contributed by atoms with van der Waals surface area (Å²) in [6.07, 6.45) is 5.35. The summed E-state index contributed by atoms with van der Waals surface area (Å²) >= 11 is 0. The first kappa shape index (κ1) is 26.7. The van der Waals surface area contributed by atoms with Crippen LogP contribution in [-0.2, 0) is 14.3 Å². The molecule has 2 unspecified atom stereocenters. The number of ether oxygens (including phenoxy) is 1. The van der Waals surface area contributed by atoms with Crippen molar-refractivity contribution in [1.29, 1.82) is 0 Å². The first-order valence-electron chi connectivity index (χ1n) is 13.0. The number of urea groups is 1. The molecule has 0 spiro atoms.